The van der Waals surface area contributed by atoms with Crippen molar-refractivity contribution < 1.29 is 8.94 Å². The first-order valence-corrected chi connectivity index (χ1v) is 5.00. The summed E-state index contributed by atoms with van der Waals surface area (Å²) < 4.78 is 10.1. The predicted molar refractivity (Wildman–Crippen MR) is 52.2 cm³/mol. The number of aromatic nitrogens is 2. The normalized spacial score (nSPS) is 20.9. The highest BCUT2D eigenvalue weighted by molar-refractivity contribution is 5.49. The second-order valence-electron chi connectivity index (χ2n) is 3.66. The van der Waals surface area contributed by atoms with Crippen LogP contribution >= 0.6 is 0 Å². The van der Waals surface area contributed by atoms with Crippen molar-refractivity contribution in [3.8, 4) is 11.5 Å². The molecule has 78 valence electrons. The molecule has 3 rings (SSSR count). The van der Waals surface area contributed by atoms with Crippen LogP contribution in [0, 0.1) is 0 Å². The minimum absolute atomic E-state index is 0.384. The SMILES string of the molecule is c1cc(-c2nc([C@H]3CCNC3)no2)co1. The molecular formula is C10H11N3O2. The summed E-state index contributed by atoms with van der Waals surface area (Å²) in [6.45, 7) is 1.96. The maximum Gasteiger partial charge on any atom is 0.261 e. The minimum atomic E-state index is 0.384. The van der Waals surface area contributed by atoms with Crippen LogP contribution in [0.2, 0.25) is 0 Å². The summed E-state index contributed by atoms with van der Waals surface area (Å²) in [6.07, 6.45) is 4.27. The van der Waals surface area contributed by atoms with Gasteiger partial charge in [0.05, 0.1) is 11.8 Å². The lowest BCUT2D eigenvalue weighted by Gasteiger charge is -1.98. The molecule has 1 saturated heterocycles. The zero-order chi connectivity index (χ0) is 10.1. The molecule has 1 aliphatic heterocycles. The smallest absolute Gasteiger partial charge is 0.261 e. The first kappa shape index (κ1) is 8.67. The van der Waals surface area contributed by atoms with E-state index < -0.39 is 0 Å². The standard InChI is InChI=1S/C10H11N3O2/c1-3-11-5-7(1)9-12-10(15-13-9)8-2-4-14-6-8/h2,4,6-7,11H,1,3,5H2/t7-/m0/s1. The monoisotopic (exact) mass is 205 g/mol. The van der Waals surface area contributed by atoms with Crippen LogP contribution in [0.15, 0.2) is 27.5 Å². The molecule has 0 amide bonds. The second kappa shape index (κ2) is 3.51. The largest absolute Gasteiger partial charge is 0.472 e. The third kappa shape index (κ3) is 1.55. The zero-order valence-electron chi connectivity index (χ0n) is 8.14. The van der Waals surface area contributed by atoms with E-state index in [1.807, 2.05) is 6.07 Å². The van der Waals surface area contributed by atoms with E-state index in [1.165, 1.54) is 0 Å². The lowest BCUT2D eigenvalue weighted by atomic mass is 10.1. The van der Waals surface area contributed by atoms with E-state index in [0.717, 1.165) is 30.9 Å². The lowest BCUT2D eigenvalue weighted by molar-refractivity contribution is 0.416. The van der Waals surface area contributed by atoms with Crippen LogP contribution in [0.1, 0.15) is 18.2 Å². The van der Waals surface area contributed by atoms with Gasteiger partial charge in [0.25, 0.3) is 5.89 Å². The van der Waals surface area contributed by atoms with Crippen LogP contribution in [0.3, 0.4) is 0 Å². The van der Waals surface area contributed by atoms with E-state index in [0.29, 0.717) is 11.8 Å². The molecule has 5 heteroatoms. The molecule has 0 aromatic carbocycles. The van der Waals surface area contributed by atoms with Crippen molar-refractivity contribution >= 4 is 0 Å². The highest BCUT2D eigenvalue weighted by atomic mass is 16.5. The van der Waals surface area contributed by atoms with Crippen LogP contribution in [0.4, 0.5) is 0 Å². The molecular weight excluding hydrogens is 194 g/mol. The summed E-state index contributed by atoms with van der Waals surface area (Å²) >= 11 is 0. The van der Waals surface area contributed by atoms with E-state index in [2.05, 4.69) is 15.5 Å². The molecule has 2 aromatic heterocycles. The van der Waals surface area contributed by atoms with Gasteiger partial charge in [0.2, 0.25) is 0 Å². The Balaban J connectivity index is 1.87. The quantitative estimate of drug-likeness (QED) is 0.802. The Morgan fingerprint density at radius 3 is 3.20 bits per heavy atom. The van der Waals surface area contributed by atoms with Crippen LogP contribution in [-0.2, 0) is 0 Å². The Hall–Kier alpha value is -1.62. The van der Waals surface area contributed by atoms with Crippen molar-refractivity contribution in [1.82, 2.24) is 15.5 Å². The molecule has 1 aliphatic rings. The van der Waals surface area contributed by atoms with Crippen molar-refractivity contribution in [2.24, 2.45) is 0 Å². The van der Waals surface area contributed by atoms with Gasteiger partial charge in [0, 0.05) is 12.5 Å². The molecule has 1 fully saturated rings. The van der Waals surface area contributed by atoms with Crippen molar-refractivity contribution in [3.63, 3.8) is 0 Å². The highest BCUT2D eigenvalue weighted by Crippen LogP contribution is 2.23. The molecule has 0 spiro atoms. The van der Waals surface area contributed by atoms with Crippen LogP contribution in [0.25, 0.3) is 11.5 Å². The van der Waals surface area contributed by atoms with E-state index in [4.69, 9.17) is 8.94 Å². The van der Waals surface area contributed by atoms with Gasteiger partial charge < -0.3 is 14.3 Å². The summed E-state index contributed by atoms with van der Waals surface area (Å²) in [7, 11) is 0. The third-order valence-electron chi connectivity index (χ3n) is 2.64. The molecule has 1 N–H and O–H groups in total. The Morgan fingerprint density at radius 2 is 2.47 bits per heavy atom. The summed E-state index contributed by atoms with van der Waals surface area (Å²) in [5.74, 6) is 1.70. The summed E-state index contributed by atoms with van der Waals surface area (Å²) in [4.78, 5) is 4.36. The van der Waals surface area contributed by atoms with Gasteiger partial charge in [-0.05, 0) is 19.0 Å². The van der Waals surface area contributed by atoms with Crippen LogP contribution in [-0.4, -0.2) is 23.2 Å². The predicted octanol–water partition coefficient (Wildman–Crippen LogP) is 1.41. The Kier molecular flexibility index (Phi) is 2.03. The first-order valence-electron chi connectivity index (χ1n) is 5.00. The maximum atomic E-state index is 5.17. The summed E-state index contributed by atoms with van der Waals surface area (Å²) in [5.41, 5.74) is 0.833. The second-order valence-corrected chi connectivity index (χ2v) is 3.66. The average Bonchev–Trinajstić information content (AvgIpc) is 3.02. The minimum Gasteiger partial charge on any atom is -0.472 e. The fraction of sp³-hybridized carbons (Fsp3) is 0.400. The Labute approximate surface area is 86.5 Å². The van der Waals surface area contributed by atoms with E-state index in [9.17, 15) is 0 Å². The maximum absolute atomic E-state index is 5.17. The summed E-state index contributed by atoms with van der Waals surface area (Å²) in [6, 6.07) is 1.81. The van der Waals surface area contributed by atoms with Crippen LogP contribution < -0.4 is 5.32 Å². The number of hydrogen-bond acceptors (Lipinski definition) is 5. The van der Waals surface area contributed by atoms with Gasteiger partial charge >= 0.3 is 0 Å². The average molecular weight is 205 g/mol. The number of nitrogens with one attached hydrogen (secondary N) is 1. The molecule has 15 heavy (non-hydrogen) atoms. The molecule has 2 aromatic rings. The van der Waals surface area contributed by atoms with Crippen molar-refractivity contribution in [3.05, 3.63) is 24.4 Å². The summed E-state index contributed by atoms with van der Waals surface area (Å²) in [5, 5.41) is 7.26. The molecule has 0 saturated carbocycles. The highest BCUT2D eigenvalue weighted by Gasteiger charge is 2.22. The van der Waals surface area contributed by atoms with Crippen molar-refractivity contribution in [2.45, 2.75) is 12.3 Å². The fourth-order valence-electron chi connectivity index (χ4n) is 1.78. The third-order valence-corrected chi connectivity index (χ3v) is 2.64. The number of furan rings is 1. The molecule has 5 nitrogen and oxygen atoms in total. The molecule has 0 bridgehead atoms. The first-order chi connectivity index (χ1) is 7.43. The molecule has 3 heterocycles. The Morgan fingerprint density at radius 1 is 1.47 bits per heavy atom. The van der Waals surface area contributed by atoms with Gasteiger partial charge in [-0.1, -0.05) is 5.16 Å². The fourth-order valence-corrected chi connectivity index (χ4v) is 1.78. The van der Waals surface area contributed by atoms with E-state index in [1.54, 1.807) is 12.5 Å². The van der Waals surface area contributed by atoms with Gasteiger partial charge in [-0.3, -0.25) is 0 Å². The molecule has 1 atom stereocenters. The van der Waals surface area contributed by atoms with Gasteiger partial charge in [-0.2, -0.15) is 4.98 Å². The van der Waals surface area contributed by atoms with E-state index in [-0.39, 0.29) is 0 Å². The Bertz CT molecular complexity index is 429. The van der Waals surface area contributed by atoms with Gasteiger partial charge in [-0.15, -0.1) is 0 Å². The van der Waals surface area contributed by atoms with Gasteiger partial charge in [-0.25, -0.2) is 0 Å². The molecule has 0 unspecified atom stereocenters. The lowest BCUT2D eigenvalue weighted by Crippen LogP contribution is -2.08. The number of hydrogen-bond donors (Lipinski definition) is 1. The van der Waals surface area contributed by atoms with Gasteiger partial charge in [0.1, 0.15) is 6.26 Å². The number of rotatable bonds is 2. The van der Waals surface area contributed by atoms with Crippen LogP contribution in [0.5, 0.6) is 0 Å². The topological polar surface area (TPSA) is 64.1 Å². The van der Waals surface area contributed by atoms with Gasteiger partial charge in [0.15, 0.2) is 5.82 Å². The van der Waals surface area contributed by atoms with E-state index >= 15 is 0 Å². The number of nitrogens with zero attached hydrogens (tertiary/aromatic N) is 2. The van der Waals surface area contributed by atoms with Crippen molar-refractivity contribution in [2.75, 3.05) is 13.1 Å². The van der Waals surface area contributed by atoms with Crippen molar-refractivity contribution in [1.29, 1.82) is 0 Å². The zero-order valence-corrected chi connectivity index (χ0v) is 8.14. The molecule has 0 radical (unpaired) electrons. The molecule has 0 aliphatic carbocycles.